The second-order valence-corrected chi connectivity index (χ2v) is 8.48. The highest BCUT2D eigenvalue weighted by Gasteiger charge is 2.29. The number of aliphatic hydroxyl groups is 1. The summed E-state index contributed by atoms with van der Waals surface area (Å²) in [4.78, 5) is 32.0. The number of aliphatic hydroxyl groups excluding tert-OH is 1. The summed E-state index contributed by atoms with van der Waals surface area (Å²) < 4.78 is 8.02. The van der Waals surface area contributed by atoms with Gasteiger partial charge in [-0.25, -0.2) is 0 Å². The number of ether oxygens (including phenoxy) is 1. The van der Waals surface area contributed by atoms with Crippen LogP contribution in [-0.2, 0) is 11.3 Å². The Labute approximate surface area is 201 Å². The Bertz CT molecular complexity index is 1120. The van der Waals surface area contributed by atoms with Crippen molar-refractivity contribution in [2.75, 3.05) is 13.2 Å². The Balaban J connectivity index is 2.10. The smallest absolute Gasteiger partial charge is 0.303 e. The molecule has 3 aromatic rings. The van der Waals surface area contributed by atoms with Gasteiger partial charge in [-0.2, -0.15) is 4.98 Å². The highest BCUT2D eigenvalue weighted by atomic mass is 16.5. The SMILES string of the molecule is CCC(=O)N(CCCO)C(=O)c1c(C)nc(Oc2ccccc2C(C)C)n1Cc1ccccc1. The highest BCUT2D eigenvalue weighted by Crippen LogP contribution is 2.32. The van der Waals surface area contributed by atoms with E-state index >= 15 is 0 Å². The molecule has 0 fully saturated rings. The average Bonchev–Trinajstić information content (AvgIpc) is 3.13. The van der Waals surface area contributed by atoms with Gasteiger partial charge >= 0.3 is 6.01 Å². The quantitative estimate of drug-likeness (QED) is 0.461. The summed E-state index contributed by atoms with van der Waals surface area (Å²) in [5.41, 5.74) is 2.80. The number of imidazole rings is 1. The molecule has 0 unspecified atom stereocenters. The zero-order chi connectivity index (χ0) is 24.7. The fraction of sp³-hybridized carbons (Fsp3) is 0.370. The monoisotopic (exact) mass is 463 g/mol. The molecule has 2 aromatic carbocycles. The number of aryl methyl sites for hydroxylation is 1. The molecule has 7 heteroatoms. The first kappa shape index (κ1) is 25.2. The third-order valence-corrected chi connectivity index (χ3v) is 5.62. The van der Waals surface area contributed by atoms with Crippen LogP contribution in [0.2, 0.25) is 0 Å². The fourth-order valence-electron chi connectivity index (χ4n) is 3.84. The highest BCUT2D eigenvalue weighted by molar-refractivity contribution is 6.04. The number of rotatable bonds is 10. The fourth-order valence-corrected chi connectivity index (χ4v) is 3.84. The second kappa shape index (κ2) is 11.6. The molecular weight excluding hydrogens is 430 g/mol. The first-order valence-electron chi connectivity index (χ1n) is 11.7. The molecule has 1 heterocycles. The van der Waals surface area contributed by atoms with Crippen molar-refractivity contribution < 1.29 is 19.4 Å². The van der Waals surface area contributed by atoms with Gasteiger partial charge in [0.15, 0.2) is 0 Å². The zero-order valence-electron chi connectivity index (χ0n) is 20.3. The molecule has 1 N–H and O–H groups in total. The van der Waals surface area contributed by atoms with E-state index in [1.807, 2.05) is 54.6 Å². The largest absolute Gasteiger partial charge is 0.425 e. The minimum atomic E-state index is -0.437. The Morgan fingerprint density at radius 2 is 1.76 bits per heavy atom. The van der Waals surface area contributed by atoms with Crippen molar-refractivity contribution >= 4 is 11.8 Å². The molecule has 0 bridgehead atoms. The predicted octanol–water partition coefficient (Wildman–Crippen LogP) is 4.92. The Kier molecular flexibility index (Phi) is 8.60. The number of imide groups is 1. The van der Waals surface area contributed by atoms with E-state index in [0.29, 0.717) is 36.1 Å². The van der Waals surface area contributed by atoms with E-state index in [1.54, 1.807) is 18.4 Å². The maximum Gasteiger partial charge on any atom is 0.303 e. The lowest BCUT2D eigenvalue weighted by Gasteiger charge is -2.21. The first-order valence-corrected chi connectivity index (χ1v) is 11.7. The number of carbonyl (C=O) groups excluding carboxylic acids is 2. The van der Waals surface area contributed by atoms with Crippen LogP contribution in [0.25, 0.3) is 0 Å². The van der Waals surface area contributed by atoms with E-state index in [0.717, 1.165) is 11.1 Å². The number of aromatic nitrogens is 2. The molecule has 0 saturated heterocycles. The second-order valence-electron chi connectivity index (χ2n) is 8.48. The van der Waals surface area contributed by atoms with Gasteiger partial charge < -0.3 is 9.84 Å². The van der Waals surface area contributed by atoms with Gasteiger partial charge in [0, 0.05) is 19.6 Å². The summed E-state index contributed by atoms with van der Waals surface area (Å²) in [5, 5.41) is 9.28. The topological polar surface area (TPSA) is 84.7 Å². The molecule has 0 spiro atoms. The van der Waals surface area contributed by atoms with Crippen LogP contribution in [0.1, 0.15) is 66.8 Å². The molecule has 0 radical (unpaired) electrons. The van der Waals surface area contributed by atoms with Crippen molar-refractivity contribution in [3.63, 3.8) is 0 Å². The third-order valence-electron chi connectivity index (χ3n) is 5.62. The third kappa shape index (κ3) is 5.72. The Morgan fingerprint density at radius 1 is 1.09 bits per heavy atom. The number of benzene rings is 2. The van der Waals surface area contributed by atoms with Crippen LogP contribution in [0.15, 0.2) is 54.6 Å². The number of hydrogen-bond donors (Lipinski definition) is 1. The lowest BCUT2D eigenvalue weighted by atomic mass is 10.0. The van der Waals surface area contributed by atoms with Gasteiger partial charge in [-0.3, -0.25) is 19.1 Å². The summed E-state index contributed by atoms with van der Waals surface area (Å²) in [6.07, 6.45) is 0.503. The van der Waals surface area contributed by atoms with Gasteiger partial charge in [0.25, 0.3) is 5.91 Å². The molecule has 0 aliphatic rings. The van der Waals surface area contributed by atoms with E-state index in [9.17, 15) is 14.7 Å². The summed E-state index contributed by atoms with van der Waals surface area (Å²) >= 11 is 0. The molecule has 2 amide bonds. The molecule has 7 nitrogen and oxygen atoms in total. The lowest BCUT2D eigenvalue weighted by Crippen LogP contribution is -2.39. The van der Waals surface area contributed by atoms with E-state index in [4.69, 9.17) is 4.74 Å². The number of nitrogens with zero attached hydrogens (tertiary/aromatic N) is 3. The Hall–Kier alpha value is -3.45. The minimum Gasteiger partial charge on any atom is -0.425 e. The molecule has 0 saturated carbocycles. The zero-order valence-corrected chi connectivity index (χ0v) is 20.3. The molecular formula is C27H33N3O4. The molecule has 0 atom stereocenters. The number of para-hydroxylation sites is 1. The van der Waals surface area contributed by atoms with Crippen molar-refractivity contribution in [3.8, 4) is 11.8 Å². The van der Waals surface area contributed by atoms with Crippen molar-refractivity contribution in [1.29, 1.82) is 0 Å². The molecule has 1 aromatic heterocycles. The van der Waals surface area contributed by atoms with E-state index in [2.05, 4.69) is 18.8 Å². The normalized spacial score (nSPS) is 11.0. The van der Waals surface area contributed by atoms with Crippen LogP contribution in [0.5, 0.6) is 11.8 Å². The van der Waals surface area contributed by atoms with Crippen LogP contribution in [0.4, 0.5) is 0 Å². The van der Waals surface area contributed by atoms with Crippen LogP contribution >= 0.6 is 0 Å². The van der Waals surface area contributed by atoms with E-state index < -0.39 is 5.91 Å². The van der Waals surface area contributed by atoms with Gasteiger partial charge in [0.1, 0.15) is 11.4 Å². The maximum absolute atomic E-state index is 13.6. The number of carbonyl (C=O) groups is 2. The standard InChI is InChI=1S/C27H33N3O4/c1-5-24(32)29(16-11-17-31)26(33)25-20(4)28-27(30(25)18-21-12-7-6-8-13-21)34-23-15-10-9-14-22(23)19(2)3/h6-10,12-15,19,31H,5,11,16-18H2,1-4H3. The van der Waals surface area contributed by atoms with Crippen molar-refractivity contribution in [2.24, 2.45) is 0 Å². The number of hydrogen-bond acceptors (Lipinski definition) is 5. The molecule has 180 valence electrons. The predicted molar refractivity (Wildman–Crippen MR) is 131 cm³/mol. The summed E-state index contributed by atoms with van der Waals surface area (Å²) in [7, 11) is 0. The summed E-state index contributed by atoms with van der Waals surface area (Å²) in [6.45, 7) is 8.04. The molecule has 3 rings (SSSR count). The van der Waals surface area contributed by atoms with Crippen LogP contribution in [0, 0.1) is 6.92 Å². The van der Waals surface area contributed by atoms with E-state index in [-0.39, 0.29) is 31.4 Å². The van der Waals surface area contributed by atoms with Gasteiger partial charge in [0.05, 0.1) is 12.2 Å². The van der Waals surface area contributed by atoms with Gasteiger partial charge in [-0.15, -0.1) is 0 Å². The summed E-state index contributed by atoms with van der Waals surface area (Å²) in [5.74, 6) is 0.191. The minimum absolute atomic E-state index is 0.108. The molecule has 34 heavy (non-hydrogen) atoms. The van der Waals surface area contributed by atoms with Gasteiger partial charge in [0.2, 0.25) is 5.91 Å². The van der Waals surface area contributed by atoms with Crippen LogP contribution in [-0.4, -0.2) is 44.5 Å². The van der Waals surface area contributed by atoms with Crippen LogP contribution in [0.3, 0.4) is 0 Å². The Morgan fingerprint density at radius 3 is 2.41 bits per heavy atom. The first-order chi connectivity index (χ1) is 16.4. The van der Waals surface area contributed by atoms with Crippen molar-refractivity contribution in [2.45, 2.75) is 53.0 Å². The van der Waals surface area contributed by atoms with Crippen molar-refractivity contribution in [1.82, 2.24) is 14.5 Å². The summed E-state index contributed by atoms with van der Waals surface area (Å²) in [6, 6.07) is 17.8. The molecule has 0 aliphatic carbocycles. The maximum atomic E-state index is 13.6. The average molecular weight is 464 g/mol. The number of amides is 2. The molecule has 0 aliphatic heterocycles. The van der Waals surface area contributed by atoms with Gasteiger partial charge in [-0.05, 0) is 36.5 Å². The van der Waals surface area contributed by atoms with Crippen LogP contribution < -0.4 is 4.74 Å². The van der Waals surface area contributed by atoms with E-state index in [1.165, 1.54) is 4.90 Å². The lowest BCUT2D eigenvalue weighted by molar-refractivity contribution is -0.128. The van der Waals surface area contributed by atoms with Crippen molar-refractivity contribution in [3.05, 3.63) is 77.1 Å². The van der Waals surface area contributed by atoms with Gasteiger partial charge in [-0.1, -0.05) is 69.3 Å².